The highest BCUT2D eigenvalue weighted by Gasteiger charge is 2.25. The number of aromatic nitrogens is 2. The molecule has 1 aromatic heterocycles. The van der Waals surface area contributed by atoms with Crippen LogP contribution in [0.2, 0.25) is 0 Å². The molecule has 148 valence electrons. The second-order valence-corrected chi connectivity index (χ2v) is 7.20. The van der Waals surface area contributed by atoms with Crippen LogP contribution in [0.25, 0.3) is 11.3 Å². The van der Waals surface area contributed by atoms with Crippen LogP contribution in [0.5, 0.6) is 0 Å². The molecule has 1 aliphatic rings. The Morgan fingerprint density at radius 1 is 1.04 bits per heavy atom. The summed E-state index contributed by atoms with van der Waals surface area (Å²) in [5, 5.41) is 4.33. The Balaban J connectivity index is 1.66. The molecule has 1 aliphatic heterocycles. The summed E-state index contributed by atoms with van der Waals surface area (Å²) in [6.45, 7) is 3.56. The first-order chi connectivity index (χ1) is 13.5. The summed E-state index contributed by atoms with van der Waals surface area (Å²) in [4.78, 5) is 39.7. The Kier molecular flexibility index (Phi) is 6.45. The van der Waals surface area contributed by atoms with Crippen molar-refractivity contribution in [3.63, 3.8) is 0 Å². The Bertz CT molecular complexity index is 905. The number of nitrogens with zero attached hydrogens (tertiary/aromatic N) is 4. The lowest BCUT2D eigenvalue weighted by Crippen LogP contribution is -2.51. The standard InChI is InChI=1S/C19H21BrN4O4/c1-2-28-19(27)23-11-9-22(10-12-23)18(26)13-24-17(25)8-7-16(21-24)14-3-5-15(20)6-4-14/h3-8H,2,9-13H2,1H3. The van der Waals surface area contributed by atoms with Crippen molar-refractivity contribution in [3.8, 4) is 11.3 Å². The quantitative estimate of drug-likeness (QED) is 0.713. The zero-order valence-corrected chi connectivity index (χ0v) is 17.1. The number of amides is 2. The lowest BCUT2D eigenvalue weighted by atomic mass is 10.1. The van der Waals surface area contributed by atoms with E-state index in [4.69, 9.17) is 4.74 Å². The molecule has 28 heavy (non-hydrogen) atoms. The van der Waals surface area contributed by atoms with Gasteiger partial charge in [0.15, 0.2) is 0 Å². The highest BCUT2D eigenvalue weighted by atomic mass is 79.9. The van der Waals surface area contributed by atoms with Gasteiger partial charge >= 0.3 is 6.09 Å². The third kappa shape index (κ3) is 4.78. The highest BCUT2D eigenvalue weighted by molar-refractivity contribution is 9.10. The summed E-state index contributed by atoms with van der Waals surface area (Å²) >= 11 is 3.38. The predicted octanol–water partition coefficient (Wildman–Crippen LogP) is 1.97. The molecule has 1 saturated heterocycles. The van der Waals surface area contributed by atoms with Crippen molar-refractivity contribution in [2.24, 2.45) is 0 Å². The number of benzene rings is 1. The fraction of sp³-hybridized carbons (Fsp3) is 0.368. The third-order valence-corrected chi connectivity index (χ3v) is 4.98. The van der Waals surface area contributed by atoms with Gasteiger partial charge < -0.3 is 14.5 Å². The van der Waals surface area contributed by atoms with Crippen molar-refractivity contribution >= 4 is 27.9 Å². The van der Waals surface area contributed by atoms with Crippen molar-refractivity contribution in [2.45, 2.75) is 13.5 Å². The molecule has 3 rings (SSSR count). The molecular formula is C19H21BrN4O4. The highest BCUT2D eigenvalue weighted by Crippen LogP contribution is 2.18. The third-order valence-electron chi connectivity index (χ3n) is 4.45. The molecule has 2 amide bonds. The maximum Gasteiger partial charge on any atom is 0.409 e. The van der Waals surface area contributed by atoms with Crippen LogP contribution in [-0.4, -0.2) is 64.4 Å². The van der Waals surface area contributed by atoms with Crippen LogP contribution in [0.15, 0.2) is 45.7 Å². The summed E-state index contributed by atoms with van der Waals surface area (Å²) in [7, 11) is 0. The van der Waals surface area contributed by atoms with Gasteiger partial charge in [-0.05, 0) is 25.1 Å². The lowest BCUT2D eigenvalue weighted by molar-refractivity contribution is -0.133. The number of piperazine rings is 1. The van der Waals surface area contributed by atoms with Gasteiger partial charge in [-0.2, -0.15) is 5.10 Å². The van der Waals surface area contributed by atoms with Crippen molar-refractivity contribution in [2.75, 3.05) is 32.8 Å². The van der Waals surface area contributed by atoms with Gasteiger partial charge in [0.25, 0.3) is 5.56 Å². The van der Waals surface area contributed by atoms with Crippen LogP contribution in [0.4, 0.5) is 4.79 Å². The van der Waals surface area contributed by atoms with Gasteiger partial charge in [-0.1, -0.05) is 28.1 Å². The fourth-order valence-electron chi connectivity index (χ4n) is 2.92. The van der Waals surface area contributed by atoms with Crippen molar-refractivity contribution in [1.29, 1.82) is 0 Å². The SMILES string of the molecule is CCOC(=O)N1CCN(C(=O)Cn2nc(-c3ccc(Br)cc3)ccc2=O)CC1. The zero-order valence-electron chi connectivity index (χ0n) is 15.5. The molecule has 0 aliphatic carbocycles. The van der Waals surface area contributed by atoms with Gasteiger partial charge in [0.1, 0.15) is 6.54 Å². The van der Waals surface area contributed by atoms with E-state index in [0.717, 1.165) is 10.0 Å². The van der Waals surface area contributed by atoms with E-state index in [0.29, 0.717) is 38.5 Å². The topological polar surface area (TPSA) is 84.7 Å². The molecule has 9 heteroatoms. The number of rotatable bonds is 4. The Morgan fingerprint density at radius 3 is 2.32 bits per heavy atom. The van der Waals surface area contributed by atoms with E-state index < -0.39 is 0 Å². The molecule has 0 spiro atoms. The first-order valence-electron chi connectivity index (χ1n) is 9.01. The molecule has 0 bridgehead atoms. The monoisotopic (exact) mass is 448 g/mol. The Hall–Kier alpha value is -2.68. The molecule has 2 heterocycles. The number of hydrogen-bond acceptors (Lipinski definition) is 5. The minimum Gasteiger partial charge on any atom is -0.450 e. The van der Waals surface area contributed by atoms with E-state index in [-0.39, 0.29) is 24.1 Å². The first-order valence-corrected chi connectivity index (χ1v) is 9.81. The minimum absolute atomic E-state index is 0.136. The summed E-state index contributed by atoms with van der Waals surface area (Å²) < 4.78 is 7.10. The van der Waals surface area contributed by atoms with Crippen molar-refractivity contribution in [3.05, 3.63) is 51.2 Å². The van der Waals surface area contributed by atoms with Crippen LogP contribution in [0, 0.1) is 0 Å². The summed E-state index contributed by atoms with van der Waals surface area (Å²) in [5.74, 6) is -0.203. The van der Waals surface area contributed by atoms with Gasteiger partial charge in [-0.25, -0.2) is 9.48 Å². The largest absolute Gasteiger partial charge is 0.450 e. The summed E-state index contributed by atoms with van der Waals surface area (Å²) in [6.07, 6.45) is -0.366. The number of hydrogen-bond donors (Lipinski definition) is 0. The molecule has 0 unspecified atom stereocenters. The molecule has 8 nitrogen and oxygen atoms in total. The van der Waals surface area contributed by atoms with Gasteiger partial charge in [-0.15, -0.1) is 0 Å². The van der Waals surface area contributed by atoms with Gasteiger partial charge in [-0.3, -0.25) is 9.59 Å². The number of halogens is 1. The Morgan fingerprint density at radius 2 is 1.68 bits per heavy atom. The van der Waals surface area contributed by atoms with Crippen LogP contribution < -0.4 is 5.56 Å². The van der Waals surface area contributed by atoms with E-state index >= 15 is 0 Å². The first kappa shape index (κ1) is 20.1. The zero-order chi connectivity index (χ0) is 20.1. The molecule has 0 atom stereocenters. The second kappa shape index (κ2) is 9.01. The molecule has 0 N–H and O–H groups in total. The molecular weight excluding hydrogens is 428 g/mol. The van der Waals surface area contributed by atoms with E-state index in [2.05, 4.69) is 21.0 Å². The second-order valence-electron chi connectivity index (χ2n) is 6.29. The number of ether oxygens (including phenoxy) is 1. The number of carbonyl (C=O) groups excluding carboxylic acids is 2. The molecule has 1 fully saturated rings. The van der Waals surface area contributed by atoms with E-state index in [1.807, 2.05) is 24.3 Å². The normalized spacial score (nSPS) is 14.1. The maximum atomic E-state index is 12.6. The molecule has 0 saturated carbocycles. The minimum atomic E-state index is -0.366. The van der Waals surface area contributed by atoms with Crippen molar-refractivity contribution < 1.29 is 14.3 Å². The predicted molar refractivity (Wildman–Crippen MR) is 107 cm³/mol. The fourth-order valence-corrected chi connectivity index (χ4v) is 3.18. The lowest BCUT2D eigenvalue weighted by Gasteiger charge is -2.34. The summed E-state index contributed by atoms with van der Waals surface area (Å²) in [5.41, 5.74) is 1.14. The van der Waals surface area contributed by atoms with Crippen LogP contribution in [0.3, 0.4) is 0 Å². The molecule has 0 radical (unpaired) electrons. The van der Waals surface area contributed by atoms with Crippen LogP contribution in [0.1, 0.15) is 6.92 Å². The Labute approximate surface area is 170 Å². The maximum absolute atomic E-state index is 12.6. The van der Waals surface area contributed by atoms with E-state index in [9.17, 15) is 14.4 Å². The number of carbonyl (C=O) groups is 2. The van der Waals surface area contributed by atoms with E-state index in [1.165, 1.54) is 10.7 Å². The van der Waals surface area contributed by atoms with Crippen LogP contribution >= 0.6 is 15.9 Å². The average Bonchev–Trinajstić information content (AvgIpc) is 2.70. The summed E-state index contributed by atoms with van der Waals surface area (Å²) in [6, 6.07) is 10.6. The van der Waals surface area contributed by atoms with Crippen LogP contribution in [-0.2, 0) is 16.1 Å². The molecule has 2 aromatic rings. The van der Waals surface area contributed by atoms with Crippen molar-refractivity contribution in [1.82, 2.24) is 19.6 Å². The smallest absolute Gasteiger partial charge is 0.409 e. The molecule has 1 aromatic carbocycles. The van der Waals surface area contributed by atoms with Gasteiger partial charge in [0, 0.05) is 42.3 Å². The van der Waals surface area contributed by atoms with E-state index in [1.54, 1.807) is 22.8 Å². The van der Waals surface area contributed by atoms with Gasteiger partial charge in [0.05, 0.1) is 12.3 Å². The average molecular weight is 449 g/mol. The van der Waals surface area contributed by atoms with Gasteiger partial charge in [0.2, 0.25) is 5.91 Å².